The molecule has 1 heterocycles. The zero-order valence-electron chi connectivity index (χ0n) is 16.3. The first-order chi connectivity index (χ1) is 13.1. The fraction of sp³-hybridized carbons (Fsp3) is 0.500. The first-order valence-corrected chi connectivity index (χ1v) is 10.3. The Balaban J connectivity index is 1.80. The van der Waals surface area contributed by atoms with E-state index in [4.69, 9.17) is 16.3 Å². The smallest absolute Gasteiger partial charge is 0.329 e. The Morgan fingerprint density at radius 2 is 1.59 bits per heavy atom. The highest BCUT2D eigenvalue weighted by atomic mass is 35.5. The maximum atomic E-state index is 11.5. The number of esters is 1. The summed E-state index contributed by atoms with van der Waals surface area (Å²) in [5.74, 6) is 0.670. The molecule has 1 aromatic heterocycles. The van der Waals surface area contributed by atoms with Crippen molar-refractivity contribution in [2.45, 2.75) is 70.6 Å². The Hall–Kier alpha value is -1.94. The summed E-state index contributed by atoms with van der Waals surface area (Å²) >= 11 is 5.70. The van der Waals surface area contributed by atoms with Gasteiger partial charge in [-0.05, 0) is 49.6 Å². The van der Waals surface area contributed by atoms with Crippen molar-refractivity contribution >= 4 is 17.6 Å². The van der Waals surface area contributed by atoms with Crippen LogP contribution in [0, 0.1) is 0 Å². The van der Waals surface area contributed by atoms with Crippen molar-refractivity contribution in [3.8, 4) is 17.1 Å². The first kappa shape index (κ1) is 21.4. The largest absolute Gasteiger partial charge is 0.425 e. The van der Waals surface area contributed by atoms with Crippen LogP contribution in [-0.2, 0) is 11.2 Å². The number of hydrogen-bond donors (Lipinski definition) is 0. The Labute approximate surface area is 167 Å². The van der Waals surface area contributed by atoms with Crippen molar-refractivity contribution in [1.29, 1.82) is 0 Å². The van der Waals surface area contributed by atoms with Gasteiger partial charge in [0.1, 0.15) is 11.1 Å². The Kier molecular flexibility index (Phi) is 9.26. The van der Waals surface area contributed by atoms with E-state index in [0.717, 1.165) is 12.0 Å². The van der Waals surface area contributed by atoms with Crippen molar-refractivity contribution in [3.63, 3.8) is 0 Å². The average molecular weight is 389 g/mol. The molecular weight excluding hydrogens is 360 g/mol. The van der Waals surface area contributed by atoms with E-state index in [1.165, 1.54) is 50.5 Å². The van der Waals surface area contributed by atoms with Gasteiger partial charge in [0.2, 0.25) is 0 Å². The lowest BCUT2D eigenvalue weighted by Gasteiger charge is -2.07. The molecule has 1 atom stereocenters. The molecule has 0 aliphatic heterocycles. The van der Waals surface area contributed by atoms with E-state index >= 15 is 0 Å². The lowest BCUT2D eigenvalue weighted by molar-refractivity contribution is -0.133. The second kappa shape index (κ2) is 11.7. The number of unbranched alkanes of at least 4 members (excludes halogenated alkanes) is 6. The van der Waals surface area contributed by atoms with Crippen LogP contribution < -0.4 is 4.74 Å². The van der Waals surface area contributed by atoms with Crippen molar-refractivity contribution in [1.82, 2.24) is 9.97 Å². The number of rotatable bonds is 11. The lowest BCUT2D eigenvalue weighted by atomic mass is 10.1. The van der Waals surface area contributed by atoms with Gasteiger partial charge in [0.05, 0.1) is 0 Å². The van der Waals surface area contributed by atoms with E-state index in [-0.39, 0.29) is 0 Å². The van der Waals surface area contributed by atoms with Crippen LogP contribution in [0.25, 0.3) is 11.4 Å². The molecule has 0 saturated carbocycles. The van der Waals surface area contributed by atoms with Crippen LogP contribution in [0.15, 0.2) is 36.7 Å². The standard InChI is InChI=1S/C22H29ClN2O2/c1-3-4-5-6-7-8-9-10-18-15-24-21(25-16-18)19-11-13-20(14-12-19)27-22(26)17(2)23/h11-17H,3-10H2,1-2H3. The molecule has 146 valence electrons. The van der Waals surface area contributed by atoms with Crippen LogP contribution in [-0.4, -0.2) is 21.3 Å². The predicted molar refractivity (Wildman–Crippen MR) is 110 cm³/mol. The van der Waals surface area contributed by atoms with Crippen LogP contribution >= 0.6 is 11.6 Å². The number of carbonyl (C=O) groups is 1. The van der Waals surface area contributed by atoms with Crippen molar-refractivity contribution in [2.24, 2.45) is 0 Å². The minimum absolute atomic E-state index is 0.463. The molecule has 2 aromatic rings. The highest BCUT2D eigenvalue weighted by molar-refractivity contribution is 6.29. The van der Waals surface area contributed by atoms with Gasteiger partial charge in [0.25, 0.3) is 0 Å². The van der Waals surface area contributed by atoms with Crippen molar-refractivity contribution in [3.05, 3.63) is 42.2 Å². The van der Waals surface area contributed by atoms with Crippen molar-refractivity contribution < 1.29 is 9.53 Å². The monoisotopic (exact) mass is 388 g/mol. The second-order valence-corrected chi connectivity index (χ2v) is 7.50. The quantitative estimate of drug-likeness (QED) is 0.206. The summed E-state index contributed by atoms with van der Waals surface area (Å²) in [5, 5.41) is -0.670. The van der Waals surface area contributed by atoms with Gasteiger partial charge in [-0.25, -0.2) is 9.97 Å². The molecule has 1 unspecified atom stereocenters. The molecule has 5 heteroatoms. The lowest BCUT2D eigenvalue weighted by Crippen LogP contribution is -2.17. The molecule has 0 fully saturated rings. The van der Waals surface area contributed by atoms with Gasteiger partial charge in [-0.2, -0.15) is 0 Å². The number of halogens is 1. The summed E-state index contributed by atoms with van der Waals surface area (Å²) in [6, 6.07) is 7.13. The van der Waals surface area contributed by atoms with E-state index in [9.17, 15) is 4.79 Å². The Bertz CT molecular complexity index is 684. The Morgan fingerprint density at radius 1 is 1.00 bits per heavy atom. The maximum Gasteiger partial charge on any atom is 0.329 e. The number of ether oxygens (including phenoxy) is 1. The normalized spacial score (nSPS) is 12.0. The number of nitrogens with zero attached hydrogens (tertiary/aromatic N) is 2. The number of benzene rings is 1. The molecule has 0 bridgehead atoms. The zero-order valence-corrected chi connectivity index (χ0v) is 17.0. The number of aromatic nitrogens is 2. The summed E-state index contributed by atoms with van der Waals surface area (Å²) < 4.78 is 5.16. The molecule has 0 spiro atoms. The highest BCUT2D eigenvalue weighted by Gasteiger charge is 2.12. The van der Waals surface area contributed by atoms with Crippen LogP contribution in [0.3, 0.4) is 0 Å². The van der Waals surface area contributed by atoms with Gasteiger partial charge in [-0.3, -0.25) is 4.79 Å². The summed E-state index contributed by atoms with van der Waals surface area (Å²) in [4.78, 5) is 20.4. The van der Waals surface area contributed by atoms with Gasteiger partial charge in [-0.1, -0.05) is 45.4 Å². The molecule has 0 aliphatic rings. The molecule has 0 radical (unpaired) electrons. The fourth-order valence-corrected chi connectivity index (χ4v) is 2.83. The topological polar surface area (TPSA) is 52.1 Å². The summed E-state index contributed by atoms with van der Waals surface area (Å²) in [5.41, 5.74) is 2.06. The maximum absolute atomic E-state index is 11.5. The van der Waals surface area contributed by atoms with E-state index in [1.807, 2.05) is 24.5 Å². The minimum Gasteiger partial charge on any atom is -0.425 e. The molecule has 27 heavy (non-hydrogen) atoms. The number of carbonyl (C=O) groups excluding carboxylic acids is 1. The highest BCUT2D eigenvalue weighted by Crippen LogP contribution is 2.20. The van der Waals surface area contributed by atoms with E-state index < -0.39 is 11.3 Å². The summed E-state index contributed by atoms with van der Waals surface area (Å²) in [7, 11) is 0. The third kappa shape index (κ3) is 7.67. The van der Waals surface area contributed by atoms with Gasteiger partial charge >= 0.3 is 5.97 Å². The number of aryl methyl sites for hydroxylation is 1. The van der Waals surface area contributed by atoms with Crippen LogP contribution in [0.5, 0.6) is 5.75 Å². The number of alkyl halides is 1. The van der Waals surface area contributed by atoms with Crippen LogP contribution in [0.1, 0.15) is 64.4 Å². The molecule has 1 aromatic carbocycles. The third-order valence-electron chi connectivity index (χ3n) is 4.43. The van der Waals surface area contributed by atoms with E-state index in [2.05, 4.69) is 16.9 Å². The molecule has 0 saturated heterocycles. The van der Waals surface area contributed by atoms with Crippen LogP contribution in [0.4, 0.5) is 0 Å². The van der Waals surface area contributed by atoms with Gasteiger partial charge in [-0.15, -0.1) is 11.6 Å². The molecule has 0 N–H and O–H groups in total. The Morgan fingerprint density at radius 3 is 2.19 bits per heavy atom. The SMILES string of the molecule is CCCCCCCCCc1cnc(-c2ccc(OC(=O)C(C)Cl)cc2)nc1. The molecule has 0 amide bonds. The molecule has 0 aliphatic carbocycles. The first-order valence-electron chi connectivity index (χ1n) is 9.87. The molecule has 2 rings (SSSR count). The summed E-state index contributed by atoms with van der Waals surface area (Å²) in [6.07, 6.45) is 14.0. The number of hydrogen-bond acceptors (Lipinski definition) is 4. The van der Waals surface area contributed by atoms with Gasteiger partial charge in [0, 0.05) is 18.0 Å². The fourth-order valence-electron chi connectivity index (χ4n) is 2.79. The minimum atomic E-state index is -0.670. The molecular formula is C22H29ClN2O2. The van der Waals surface area contributed by atoms with Gasteiger partial charge in [0.15, 0.2) is 5.82 Å². The van der Waals surface area contributed by atoms with Crippen molar-refractivity contribution in [2.75, 3.05) is 0 Å². The second-order valence-electron chi connectivity index (χ2n) is 6.85. The average Bonchev–Trinajstić information content (AvgIpc) is 2.68. The van der Waals surface area contributed by atoms with E-state index in [0.29, 0.717) is 11.6 Å². The van der Waals surface area contributed by atoms with Crippen LogP contribution in [0.2, 0.25) is 0 Å². The third-order valence-corrected chi connectivity index (χ3v) is 4.61. The van der Waals surface area contributed by atoms with E-state index in [1.54, 1.807) is 19.1 Å². The predicted octanol–water partition coefficient (Wildman–Crippen LogP) is 5.97. The summed E-state index contributed by atoms with van der Waals surface area (Å²) in [6.45, 7) is 3.83. The zero-order chi connectivity index (χ0) is 19.5. The molecule has 4 nitrogen and oxygen atoms in total. The van der Waals surface area contributed by atoms with Gasteiger partial charge < -0.3 is 4.74 Å².